The second-order valence-electron chi connectivity index (χ2n) is 3.47. The van der Waals surface area contributed by atoms with Crippen LogP contribution in [0.15, 0.2) is 0 Å². The van der Waals surface area contributed by atoms with Gasteiger partial charge in [-0.1, -0.05) is 0 Å². The lowest BCUT2D eigenvalue weighted by Crippen LogP contribution is -2.27. The van der Waals surface area contributed by atoms with Crippen LogP contribution in [0.25, 0.3) is 0 Å². The predicted molar refractivity (Wildman–Crippen MR) is 49.3 cm³/mol. The summed E-state index contributed by atoms with van der Waals surface area (Å²) < 4.78 is 9.95. The molecule has 1 aliphatic carbocycles. The molecule has 4 heteroatoms. The normalized spacial score (nSPS) is 26.6. The minimum atomic E-state index is -0.122. The molecule has 0 bridgehead atoms. The van der Waals surface area contributed by atoms with Crippen LogP contribution in [0.1, 0.15) is 25.7 Å². The van der Waals surface area contributed by atoms with E-state index in [-0.39, 0.29) is 24.6 Å². The Labute approximate surface area is 83.8 Å². The summed E-state index contributed by atoms with van der Waals surface area (Å²) in [5.41, 5.74) is 0. The molecule has 78 valence electrons. The molecular weight excluding hydrogens is 182 g/mol. The highest BCUT2D eigenvalue weighted by molar-refractivity contribution is 5.72. The van der Waals surface area contributed by atoms with Crippen LogP contribution in [0.3, 0.4) is 0 Å². The Bertz CT molecular complexity index is 226. The van der Waals surface area contributed by atoms with Crippen molar-refractivity contribution in [2.75, 3.05) is 13.7 Å². The summed E-state index contributed by atoms with van der Waals surface area (Å²) in [6.07, 6.45) is 3.46. The Morgan fingerprint density at radius 1 is 1.43 bits per heavy atom. The monoisotopic (exact) mass is 197 g/mol. The number of hydrogen-bond acceptors (Lipinski definition) is 4. The Hall–Kier alpha value is -1.08. The van der Waals surface area contributed by atoms with E-state index in [2.05, 4.69) is 4.74 Å². The fourth-order valence-corrected chi connectivity index (χ4v) is 1.79. The number of ether oxygens (including phenoxy) is 2. The first-order chi connectivity index (χ1) is 6.77. The molecule has 0 radical (unpaired) electrons. The van der Waals surface area contributed by atoms with Crippen LogP contribution in [-0.2, 0) is 14.3 Å². The van der Waals surface area contributed by atoms with Gasteiger partial charge in [-0.3, -0.25) is 4.79 Å². The summed E-state index contributed by atoms with van der Waals surface area (Å²) in [7, 11) is 1.42. The topological polar surface area (TPSA) is 59.3 Å². The number of methoxy groups -OCH3 is 1. The van der Waals surface area contributed by atoms with Gasteiger partial charge in [0.05, 0.1) is 25.2 Å². The van der Waals surface area contributed by atoms with Gasteiger partial charge in [-0.2, -0.15) is 5.26 Å². The fourth-order valence-electron chi connectivity index (χ4n) is 1.79. The number of nitrogens with zero attached hydrogens (tertiary/aromatic N) is 1. The highest BCUT2D eigenvalue weighted by Crippen LogP contribution is 2.26. The molecule has 1 aliphatic rings. The summed E-state index contributed by atoms with van der Waals surface area (Å²) in [6, 6.07) is 1.95. The van der Waals surface area contributed by atoms with Gasteiger partial charge in [0.25, 0.3) is 0 Å². The molecule has 14 heavy (non-hydrogen) atoms. The van der Waals surface area contributed by atoms with Crippen LogP contribution < -0.4 is 0 Å². The zero-order valence-electron chi connectivity index (χ0n) is 8.36. The number of nitriles is 1. The standard InChI is InChI=1S/C10H15NO3/c1-13-10(12)8-2-4-9(5-3-8)14-7-6-11/h8-9H,2-5,7H2,1H3. The van der Waals surface area contributed by atoms with Crippen molar-refractivity contribution < 1.29 is 14.3 Å². The minimum Gasteiger partial charge on any atom is -0.469 e. The lowest BCUT2D eigenvalue weighted by molar-refractivity contribution is -0.147. The van der Waals surface area contributed by atoms with Crippen molar-refractivity contribution in [3.63, 3.8) is 0 Å². The second kappa shape index (κ2) is 5.61. The van der Waals surface area contributed by atoms with E-state index in [0.717, 1.165) is 25.7 Å². The fraction of sp³-hybridized carbons (Fsp3) is 0.800. The van der Waals surface area contributed by atoms with Crippen molar-refractivity contribution in [1.29, 1.82) is 5.26 Å². The summed E-state index contributed by atoms with van der Waals surface area (Å²) in [5, 5.41) is 8.33. The molecule has 0 aromatic rings. The van der Waals surface area contributed by atoms with E-state index in [9.17, 15) is 4.79 Å². The number of esters is 1. The van der Waals surface area contributed by atoms with Gasteiger partial charge in [-0.25, -0.2) is 0 Å². The zero-order valence-corrected chi connectivity index (χ0v) is 8.36. The molecule has 0 amide bonds. The Morgan fingerprint density at radius 3 is 2.57 bits per heavy atom. The van der Waals surface area contributed by atoms with Gasteiger partial charge in [-0.15, -0.1) is 0 Å². The molecule has 0 saturated heterocycles. The first-order valence-electron chi connectivity index (χ1n) is 4.84. The van der Waals surface area contributed by atoms with Gasteiger partial charge >= 0.3 is 5.97 Å². The molecule has 0 heterocycles. The van der Waals surface area contributed by atoms with Crippen molar-refractivity contribution in [2.45, 2.75) is 31.8 Å². The van der Waals surface area contributed by atoms with E-state index in [1.807, 2.05) is 6.07 Å². The van der Waals surface area contributed by atoms with Gasteiger partial charge in [0.15, 0.2) is 0 Å². The van der Waals surface area contributed by atoms with Crippen LogP contribution in [0.2, 0.25) is 0 Å². The van der Waals surface area contributed by atoms with E-state index < -0.39 is 0 Å². The third-order valence-electron chi connectivity index (χ3n) is 2.59. The van der Waals surface area contributed by atoms with Crippen molar-refractivity contribution in [2.24, 2.45) is 5.92 Å². The number of hydrogen-bond donors (Lipinski definition) is 0. The third-order valence-corrected chi connectivity index (χ3v) is 2.59. The van der Waals surface area contributed by atoms with E-state index in [1.54, 1.807) is 0 Å². The molecular formula is C10H15NO3. The van der Waals surface area contributed by atoms with Crippen molar-refractivity contribution >= 4 is 5.97 Å². The highest BCUT2D eigenvalue weighted by Gasteiger charge is 2.26. The smallest absolute Gasteiger partial charge is 0.308 e. The summed E-state index contributed by atoms with van der Waals surface area (Å²) in [4.78, 5) is 11.2. The predicted octanol–water partition coefficient (Wildman–Crippen LogP) is 1.26. The molecule has 1 rings (SSSR count). The third kappa shape index (κ3) is 3.00. The highest BCUT2D eigenvalue weighted by atomic mass is 16.5. The summed E-state index contributed by atoms with van der Waals surface area (Å²) in [6.45, 7) is 0.146. The molecule has 1 saturated carbocycles. The van der Waals surface area contributed by atoms with Gasteiger partial charge in [0, 0.05) is 0 Å². The average molecular weight is 197 g/mol. The summed E-state index contributed by atoms with van der Waals surface area (Å²) in [5.74, 6) is -0.0920. The quantitative estimate of drug-likeness (QED) is 0.639. The molecule has 4 nitrogen and oxygen atoms in total. The number of rotatable bonds is 3. The molecule has 0 aromatic heterocycles. The lowest BCUT2D eigenvalue weighted by atomic mass is 9.87. The molecule has 0 aromatic carbocycles. The van der Waals surface area contributed by atoms with E-state index in [4.69, 9.17) is 10.00 Å². The van der Waals surface area contributed by atoms with Crippen LogP contribution in [0.4, 0.5) is 0 Å². The molecule has 0 spiro atoms. The van der Waals surface area contributed by atoms with Crippen LogP contribution in [0.5, 0.6) is 0 Å². The zero-order chi connectivity index (χ0) is 10.4. The number of carbonyl (C=O) groups is 1. The Balaban J connectivity index is 2.25. The summed E-state index contributed by atoms with van der Waals surface area (Å²) >= 11 is 0. The Kier molecular flexibility index (Phi) is 4.41. The first kappa shape index (κ1) is 11.0. The number of carbonyl (C=O) groups excluding carboxylic acids is 1. The molecule has 1 fully saturated rings. The van der Waals surface area contributed by atoms with Crippen molar-refractivity contribution in [3.8, 4) is 6.07 Å². The maximum atomic E-state index is 11.2. The molecule has 0 atom stereocenters. The maximum Gasteiger partial charge on any atom is 0.308 e. The largest absolute Gasteiger partial charge is 0.469 e. The van der Waals surface area contributed by atoms with Crippen molar-refractivity contribution in [1.82, 2.24) is 0 Å². The van der Waals surface area contributed by atoms with Gasteiger partial charge in [0.2, 0.25) is 0 Å². The van der Waals surface area contributed by atoms with E-state index >= 15 is 0 Å². The average Bonchev–Trinajstić information content (AvgIpc) is 2.26. The van der Waals surface area contributed by atoms with Crippen LogP contribution in [0, 0.1) is 17.2 Å². The van der Waals surface area contributed by atoms with Gasteiger partial charge in [-0.05, 0) is 25.7 Å². The van der Waals surface area contributed by atoms with Gasteiger partial charge in [0.1, 0.15) is 6.61 Å². The lowest BCUT2D eigenvalue weighted by Gasteiger charge is -2.26. The van der Waals surface area contributed by atoms with Gasteiger partial charge < -0.3 is 9.47 Å². The minimum absolute atomic E-state index is 0.0296. The SMILES string of the molecule is COC(=O)C1CCC(OCC#N)CC1. The van der Waals surface area contributed by atoms with Crippen LogP contribution >= 0.6 is 0 Å². The van der Waals surface area contributed by atoms with E-state index in [0.29, 0.717) is 0 Å². The molecule has 0 aliphatic heterocycles. The Morgan fingerprint density at radius 2 is 2.07 bits per heavy atom. The second-order valence-corrected chi connectivity index (χ2v) is 3.47. The van der Waals surface area contributed by atoms with E-state index in [1.165, 1.54) is 7.11 Å². The van der Waals surface area contributed by atoms with Crippen LogP contribution in [-0.4, -0.2) is 25.8 Å². The molecule has 0 N–H and O–H groups in total. The van der Waals surface area contributed by atoms with Crippen molar-refractivity contribution in [3.05, 3.63) is 0 Å². The molecule has 0 unspecified atom stereocenters. The first-order valence-corrected chi connectivity index (χ1v) is 4.84. The maximum absolute atomic E-state index is 11.2.